The van der Waals surface area contributed by atoms with E-state index in [9.17, 15) is 9.59 Å². The molecule has 98 valence electrons. The average Bonchev–Trinajstić information content (AvgIpc) is 2.37. The molecule has 0 aliphatic carbocycles. The molecule has 0 bridgehead atoms. The van der Waals surface area contributed by atoms with Gasteiger partial charge in [0.25, 0.3) is 5.91 Å². The van der Waals surface area contributed by atoms with Crippen LogP contribution < -0.4 is 11.3 Å². The number of aromatic amines is 1. The Labute approximate surface area is 106 Å². The molecule has 0 radical (unpaired) electrons. The van der Waals surface area contributed by atoms with Gasteiger partial charge in [0.1, 0.15) is 0 Å². The quantitative estimate of drug-likeness (QED) is 0.801. The van der Waals surface area contributed by atoms with Gasteiger partial charge in [0.2, 0.25) is 5.56 Å². The first-order chi connectivity index (χ1) is 8.60. The predicted molar refractivity (Wildman–Crippen MR) is 69.6 cm³/mol. The fraction of sp³-hybridized carbons (Fsp3) is 0.538. The van der Waals surface area contributed by atoms with Crippen LogP contribution in [0.4, 0.5) is 0 Å². The molecule has 2 rings (SSSR count). The fourth-order valence-corrected chi connectivity index (χ4v) is 2.29. The summed E-state index contributed by atoms with van der Waals surface area (Å²) in [4.78, 5) is 28.2. The molecule has 1 atom stereocenters. The van der Waals surface area contributed by atoms with Crippen LogP contribution in [0, 0.1) is 0 Å². The van der Waals surface area contributed by atoms with Crippen LogP contribution in [-0.2, 0) is 6.42 Å². The number of piperidine rings is 1. The Kier molecular flexibility index (Phi) is 3.81. The van der Waals surface area contributed by atoms with Crippen LogP contribution >= 0.6 is 0 Å². The van der Waals surface area contributed by atoms with Crippen molar-refractivity contribution < 1.29 is 4.79 Å². The van der Waals surface area contributed by atoms with E-state index < -0.39 is 0 Å². The molecule has 5 nitrogen and oxygen atoms in total. The SMILES string of the molecule is CCc1cc(C(=O)N2CCC[C@@H](N)C2)cc(=O)[nH]1. The maximum atomic E-state index is 12.3. The van der Waals surface area contributed by atoms with Crippen molar-refractivity contribution in [2.45, 2.75) is 32.2 Å². The number of aromatic nitrogens is 1. The maximum absolute atomic E-state index is 12.3. The number of amides is 1. The number of rotatable bonds is 2. The van der Waals surface area contributed by atoms with Gasteiger partial charge in [0.05, 0.1) is 0 Å². The summed E-state index contributed by atoms with van der Waals surface area (Å²) in [5.41, 5.74) is 6.89. The third-order valence-electron chi connectivity index (χ3n) is 3.27. The summed E-state index contributed by atoms with van der Waals surface area (Å²) in [5, 5.41) is 0. The molecular weight excluding hydrogens is 230 g/mol. The van der Waals surface area contributed by atoms with Gasteiger partial charge >= 0.3 is 0 Å². The van der Waals surface area contributed by atoms with Gasteiger partial charge in [-0.1, -0.05) is 6.92 Å². The highest BCUT2D eigenvalue weighted by Crippen LogP contribution is 2.12. The minimum absolute atomic E-state index is 0.0512. The number of carbonyl (C=O) groups excluding carboxylic acids is 1. The summed E-state index contributed by atoms with van der Waals surface area (Å²) in [7, 11) is 0. The van der Waals surface area contributed by atoms with Crippen LogP contribution in [-0.4, -0.2) is 34.9 Å². The van der Waals surface area contributed by atoms with Crippen LogP contribution in [0.2, 0.25) is 0 Å². The standard InChI is InChI=1S/C13H19N3O2/c1-2-11-6-9(7-12(17)15-11)13(18)16-5-3-4-10(14)8-16/h6-7,10H,2-5,8,14H2,1H3,(H,15,17)/t10-/m1/s1. The number of nitrogens with one attached hydrogen (secondary N) is 1. The lowest BCUT2D eigenvalue weighted by Crippen LogP contribution is -2.45. The van der Waals surface area contributed by atoms with E-state index in [1.54, 1.807) is 11.0 Å². The lowest BCUT2D eigenvalue weighted by atomic mass is 10.1. The summed E-state index contributed by atoms with van der Waals surface area (Å²) < 4.78 is 0. The Morgan fingerprint density at radius 3 is 3.00 bits per heavy atom. The smallest absolute Gasteiger partial charge is 0.254 e. The highest BCUT2D eigenvalue weighted by molar-refractivity contribution is 5.94. The zero-order valence-electron chi connectivity index (χ0n) is 10.6. The van der Waals surface area contributed by atoms with Gasteiger partial charge < -0.3 is 15.6 Å². The van der Waals surface area contributed by atoms with Gasteiger partial charge in [-0.3, -0.25) is 9.59 Å². The number of pyridine rings is 1. The van der Waals surface area contributed by atoms with Gasteiger partial charge in [-0.2, -0.15) is 0 Å². The first-order valence-electron chi connectivity index (χ1n) is 6.38. The van der Waals surface area contributed by atoms with Gasteiger partial charge in [-0.05, 0) is 25.3 Å². The minimum atomic E-state index is -0.223. The molecular formula is C13H19N3O2. The molecule has 0 unspecified atom stereocenters. The van der Waals surface area contributed by atoms with Gasteiger partial charge in [-0.25, -0.2) is 0 Å². The van der Waals surface area contributed by atoms with E-state index in [0.29, 0.717) is 18.5 Å². The molecule has 1 aromatic heterocycles. The van der Waals surface area contributed by atoms with E-state index in [4.69, 9.17) is 5.73 Å². The van der Waals surface area contributed by atoms with Crippen molar-refractivity contribution in [2.24, 2.45) is 5.73 Å². The number of nitrogens with zero attached hydrogens (tertiary/aromatic N) is 1. The fourth-order valence-electron chi connectivity index (χ4n) is 2.29. The molecule has 1 fully saturated rings. The van der Waals surface area contributed by atoms with Crippen LogP contribution in [0.5, 0.6) is 0 Å². The molecule has 3 N–H and O–H groups in total. The lowest BCUT2D eigenvalue weighted by molar-refractivity contribution is 0.0708. The molecule has 2 heterocycles. The van der Waals surface area contributed by atoms with Crippen molar-refractivity contribution in [1.82, 2.24) is 9.88 Å². The maximum Gasteiger partial charge on any atom is 0.254 e. The van der Waals surface area contributed by atoms with Crippen LogP contribution in [0.25, 0.3) is 0 Å². The van der Waals surface area contributed by atoms with E-state index in [0.717, 1.165) is 25.1 Å². The molecule has 1 aliphatic rings. The normalized spacial score (nSPS) is 19.9. The van der Waals surface area contributed by atoms with Crippen molar-refractivity contribution in [3.63, 3.8) is 0 Å². The van der Waals surface area contributed by atoms with Crippen LogP contribution in [0.15, 0.2) is 16.9 Å². The van der Waals surface area contributed by atoms with Crippen molar-refractivity contribution in [2.75, 3.05) is 13.1 Å². The molecule has 1 amide bonds. The average molecular weight is 249 g/mol. The number of H-pyrrole nitrogens is 1. The Balaban J connectivity index is 2.22. The third kappa shape index (κ3) is 2.79. The Hall–Kier alpha value is -1.62. The predicted octanol–water partition coefficient (Wildman–Crippen LogP) is 0.501. The summed E-state index contributed by atoms with van der Waals surface area (Å²) in [6.45, 7) is 3.24. The number of hydrogen-bond donors (Lipinski definition) is 2. The summed E-state index contributed by atoms with van der Waals surface area (Å²) in [6, 6.07) is 3.17. The second kappa shape index (κ2) is 5.35. The topological polar surface area (TPSA) is 79.2 Å². The number of hydrogen-bond acceptors (Lipinski definition) is 3. The van der Waals surface area contributed by atoms with Gasteiger partial charge in [0, 0.05) is 36.5 Å². The van der Waals surface area contributed by atoms with Crippen molar-refractivity contribution in [3.05, 3.63) is 33.7 Å². The zero-order chi connectivity index (χ0) is 13.1. The number of carbonyl (C=O) groups is 1. The number of nitrogens with two attached hydrogens (primary N) is 1. The van der Waals surface area contributed by atoms with Crippen LogP contribution in [0.1, 0.15) is 35.8 Å². The second-order valence-corrected chi connectivity index (χ2v) is 4.77. The second-order valence-electron chi connectivity index (χ2n) is 4.77. The summed E-state index contributed by atoms with van der Waals surface area (Å²) >= 11 is 0. The number of aryl methyl sites for hydroxylation is 1. The van der Waals surface area contributed by atoms with Crippen molar-refractivity contribution in [1.29, 1.82) is 0 Å². The largest absolute Gasteiger partial charge is 0.337 e. The first kappa shape index (κ1) is 12.8. The highest BCUT2D eigenvalue weighted by Gasteiger charge is 2.22. The van der Waals surface area contributed by atoms with Crippen LogP contribution in [0.3, 0.4) is 0 Å². The van der Waals surface area contributed by atoms with E-state index >= 15 is 0 Å². The summed E-state index contributed by atoms with van der Waals surface area (Å²) in [6.07, 6.45) is 2.59. The Bertz CT molecular complexity index is 495. The molecule has 1 aliphatic heterocycles. The monoisotopic (exact) mass is 249 g/mol. The number of likely N-dealkylation sites (tertiary alicyclic amines) is 1. The molecule has 1 saturated heterocycles. The first-order valence-corrected chi connectivity index (χ1v) is 6.38. The molecule has 5 heteroatoms. The van der Waals surface area contributed by atoms with E-state index in [-0.39, 0.29) is 17.5 Å². The van der Waals surface area contributed by atoms with E-state index in [2.05, 4.69) is 4.98 Å². The highest BCUT2D eigenvalue weighted by atomic mass is 16.2. The van der Waals surface area contributed by atoms with E-state index in [1.165, 1.54) is 6.07 Å². The summed E-state index contributed by atoms with van der Waals surface area (Å²) in [5.74, 6) is -0.0917. The van der Waals surface area contributed by atoms with Gasteiger partial charge in [0.15, 0.2) is 0 Å². The Morgan fingerprint density at radius 1 is 1.56 bits per heavy atom. The van der Waals surface area contributed by atoms with E-state index in [1.807, 2.05) is 6.92 Å². The molecule has 0 spiro atoms. The Morgan fingerprint density at radius 2 is 2.33 bits per heavy atom. The molecule has 0 saturated carbocycles. The van der Waals surface area contributed by atoms with Crippen molar-refractivity contribution in [3.8, 4) is 0 Å². The third-order valence-corrected chi connectivity index (χ3v) is 3.27. The van der Waals surface area contributed by atoms with Crippen molar-refractivity contribution >= 4 is 5.91 Å². The molecule has 1 aromatic rings. The zero-order valence-corrected chi connectivity index (χ0v) is 10.6. The minimum Gasteiger partial charge on any atom is -0.337 e. The lowest BCUT2D eigenvalue weighted by Gasteiger charge is -2.30. The molecule has 18 heavy (non-hydrogen) atoms. The van der Waals surface area contributed by atoms with Gasteiger partial charge in [-0.15, -0.1) is 0 Å². The molecule has 0 aromatic carbocycles.